The Labute approximate surface area is 105 Å². The van der Waals surface area contributed by atoms with Gasteiger partial charge >= 0.3 is 0 Å². The number of aromatic nitrogens is 2. The van der Waals surface area contributed by atoms with Crippen LogP contribution in [-0.2, 0) is 9.47 Å². The summed E-state index contributed by atoms with van der Waals surface area (Å²) in [5, 5.41) is 4.00. The lowest BCUT2D eigenvalue weighted by molar-refractivity contribution is -0.0264. The summed E-state index contributed by atoms with van der Waals surface area (Å²) in [7, 11) is 2.05. The molecule has 0 bridgehead atoms. The number of hydrogen-bond donors (Lipinski definition) is 1. The predicted octanol–water partition coefficient (Wildman–Crippen LogP) is -0.486. The minimum atomic E-state index is -0.111. The van der Waals surface area contributed by atoms with Crippen molar-refractivity contribution in [2.75, 3.05) is 40.0 Å². The SMILES string of the molecule is CN1CCOC(c2noc(C3COCC3N)n2)C1. The molecule has 3 unspecified atom stereocenters. The molecule has 2 fully saturated rings. The number of ether oxygens (including phenoxy) is 2. The molecule has 3 atom stereocenters. The molecule has 0 aliphatic carbocycles. The van der Waals surface area contributed by atoms with Crippen molar-refractivity contribution in [3.05, 3.63) is 11.7 Å². The number of hydrogen-bond acceptors (Lipinski definition) is 7. The van der Waals surface area contributed by atoms with Crippen LogP contribution in [0.5, 0.6) is 0 Å². The molecule has 2 N–H and O–H groups in total. The Hall–Kier alpha value is -1.02. The molecule has 2 aliphatic heterocycles. The summed E-state index contributed by atoms with van der Waals surface area (Å²) in [4.78, 5) is 6.60. The number of morpholine rings is 1. The largest absolute Gasteiger partial charge is 0.379 e. The van der Waals surface area contributed by atoms with E-state index in [0.29, 0.717) is 31.5 Å². The van der Waals surface area contributed by atoms with E-state index in [0.717, 1.165) is 13.1 Å². The van der Waals surface area contributed by atoms with Gasteiger partial charge in [0.05, 0.1) is 25.7 Å². The van der Waals surface area contributed by atoms with Crippen LogP contribution in [-0.4, -0.2) is 61.0 Å². The van der Waals surface area contributed by atoms with E-state index < -0.39 is 0 Å². The Morgan fingerprint density at radius 3 is 3.00 bits per heavy atom. The maximum absolute atomic E-state index is 5.93. The fourth-order valence-corrected chi connectivity index (χ4v) is 2.29. The highest BCUT2D eigenvalue weighted by atomic mass is 16.5. The molecular weight excluding hydrogens is 236 g/mol. The predicted molar refractivity (Wildman–Crippen MR) is 62.0 cm³/mol. The molecule has 18 heavy (non-hydrogen) atoms. The Morgan fingerprint density at radius 2 is 2.28 bits per heavy atom. The van der Waals surface area contributed by atoms with Crippen molar-refractivity contribution in [2.45, 2.75) is 18.1 Å². The Bertz CT molecular complexity index is 411. The van der Waals surface area contributed by atoms with Gasteiger partial charge < -0.3 is 24.6 Å². The van der Waals surface area contributed by atoms with Crippen LogP contribution in [0.15, 0.2) is 4.52 Å². The van der Waals surface area contributed by atoms with Gasteiger partial charge in [-0.15, -0.1) is 0 Å². The van der Waals surface area contributed by atoms with Gasteiger partial charge in [0.15, 0.2) is 0 Å². The Morgan fingerprint density at radius 1 is 1.39 bits per heavy atom. The van der Waals surface area contributed by atoms with Crippen molar-refractivity contribution in [1.82, 2.24) is 15.0 Å². The fourth-order valence-electron chi connectivity index (χ4n) is 2.29. The van der Waals surface area contributed by atoms with Gasteiger partial charge in [0.1, 0.15) is 6.10 Å². The van der Waals surface area contributed by atoms with E-state index >= 15 is 0 Å². The molecule has 1 aromatic rings. The van der Waals surface area contributed by atoms with Crippen molar-refractivity contribution < 1.29 is 14.0 Å². The molecule has 0 amide bonds. The van der Waals surface area contributed by atoms with Crippen LogP contribution in [0.3, 0.4) is 0 Å². The summed E-state index contributed by atoms with van der Waals surface area (Å²) in [5.74, 6) is 1.18. The topological polar surface area (TPSA) is 86.6 Å². The van der Waals surface area contributed by atoms with Crippen LogP contribution in [0.4, 0.5) is 0 Å². The van der Waals surface area contributed by atoms with Gasteiger partial charge in [-0.25, -0.2) is 0 Å². The summed E-state index contributed by atoms with van der Waals surface area (Å²) in [5.41, 5.74) is 5.93. The summed E-state index contributed by atoms with van der Waals surface area (Å²) in [6.45, 7) is 3.51. The van der Waals surface area contributed by atoms with E-state index in [1.54, 1.807) is 0 Å². The number of nitrogens with two attached hydrogens (primary N) is 1. The normalized spacial score (nSPS) is 34.0. The third-order valence-corrected chi connectivity index (χ3v) is 3.46. The summed E-state index contributed by atoms with van der Waals surface area (Å²) < 4.78 is 16.2. The standard InChI is InChI=1S/C11H18N4O3/c1-15-2-3-17-9(4-15)10-13-11(18-14-10)7-5-16-6-8(7)12/h7-9H,2-6,12H2,1H3. The molecule has 7 heteroatoms. The Balaban J connectivity index is 1.72. The van der Waals surface area contributed by atoms with Gasteiger partial charge in [0.25, 0.3) is 0 Å². The van der Waals surface area contributed by atoms with Crippen LogP contribution < -0.4 is 5.73 Å². The lowest BCUT2D eigenvalue weighted by Gasteiger charge is -2.27. The highest BCUT2D eigenvalue weighted by Gasteiger charge is 2.33. The fraction of sp³-hybridized carbons (Fsp3) is 0.818. The second-order valence-electron chi connectivity index (χ2n) is 4.92. The summed E-state index contributed by atoms with van der Waals surface area (Å²) in [6.07, 6.45) is -0.111. The van der Waals surface area contributed by atoms with Crippen molar-refractivity contribution in [1.29, 1.82) is 0 Å². The van der Waals surface area contributed by atoms with Crippen molar-refractivity contribution >= 4 is 0 Å². The molecule has 7 nitrogen and oxygen atoms in total. The van der Waals surface area contributed by atoms with Gasteiger partial charge in [0.2, 0.25) is 11.7 Å². The van der Waals surface area contributed by atoms with E-state index in [9.17, 15) is 0 Å². The second-order valence-corrected chi connectivity index (χ2v) is 4.92. The van der Waals surface area contributed by atoms with Crippen LogP contribution in [0.1, 0.15) is 23.7 Å². The molecule has 0 aromatic carbocycles. The first-order chi connectivity index (χ1) is 8.74. The van der Waals surface area contributed by atoms with Crippen molar-refractivity contribution in [3.63, 3.8) is 0 Å². The molecule has 1 aromatic heterocycles. The smallest absolute Gasteiger partial charge is 0.233 e. The zero-order chi connectivity index (χ0) is 12.5. The summed E-state index contributed by atoms with van der Waals surface area (Å²) in [6, 6.07) is -0.0618. The molecule has 3 rings (SSSR count). The quantitative estimate of drug-likeness (QED) is 0.762. The molecule has 0 radical (unpaired) electrons. The van der Waals surface area contributed by atoms with E-state index in [2.05, 4.69) is 22.1 Å². The average Bonchev–Trinajstić information content (AvgIpc) is 2.97. The molecule has 2 saturated heterocycles. The minimum Gasteiger partial charge on any atom is -0.379 e. The maximum atomic E-state index is 5.93. The van der Waals surface area contributed by atoms with Gasteiger partial charge in [-0.2, -0.15) is 4.98 Å². The van der Waals surface area contributed by atoms with Crippen LogP contribution >= 0.6 is 0 Å². The number of rotatable bonds is 2. The maximum Gasteiger partial charge on any atom is 0.233 e. The first-order valence-corrected chi connectivity index (χ1v) is 6.21. The number of likely N-dealkylation sites (N-methyl/N-ethyl adjacent to an activating group) is 1. The highest BCUT2D eigenvalue weighted by Crippen LogP contribution is 2.25. The van der Waals surface area contributed by atoms with Crippen LogP contribution in [0.2, 0.25) is 0 Å². The zero-order valence-corrected chi connectivity index (χ0v) is 10.4. The minimum absolute atomic E-state index is 0.00701. The first kappa shape index (κ1) is 12.0. The zero-order valence-electron chi connectivity index (χ0n) is 10.4. The van der Waals surface area contributed by atoms with E-state index in [1.807, 2.05) is 0 Å². The van der Waals surface area contributed by atoms with Crippen LogP contribution in [0.25, 0.3) is 0 Å². The van der Waals surface area contributed by atoms with E-state index in [1.165, 1.54) is 0 Å². The van der Waals surface area contributed by atoms with Gasteiger partial charge in [-0.3, -0.25) is 0 Å². The van der Waals surface area contributed by atoms with E-state index in [-0.39, 0.29) is 18.1 Å². The van der Waals surface area contributed by atoms with Gasteiger partial charge in [0, 0.05) is 19.1 Å². The Kier molecular flexibility index (Phi) is 3.29. The first-order valence-electron chi connectivity index (χ1n) is 6.21. The monoisotopic (exact) mass is 254 g/mol. The molecular formula is C11H18N4O3. The molecule has 100 valence electrons. The summed E-state index contributed by atoms with van der Waals surface area (Å²) >= 11 is 0. The van der Waals surface area contributed by atoms with Crippen LogP contribution in [0, 0.1) is 0 Å². The lowest BCUT2D eigenvalue weighted by Crippen LogP contribution is -2.35. The number of nitrogens with zero attached hydrogens (tertiary/aromatic N) is 3. The van der Waals surface area contributed by atoms with Crippen molar-refractivity contribution in [2.24, 2.45) is 5.73 Å². The highest BCUT2D eigenvalue weighted by molar-refractivity contribution is 5.03. The average molecular weight is 254 g/mol. The van der Waals surface area contributed by atoms with Crippen molar-refractivity contribution in [3.8, 4) is 0 Å². The third-order valence-electron chi connectivity index (χ3n) is 3.46. The molecule has 3 heterocycles. The van der Waals surface area contributed by atoms with Gasteiger partial charge in [-0.05, 0) is 7.05 Å². The molecule has 0 spiro atoms. The van der Waals surface area contributed by atoms with Gasteiger partial charge in [-0.1, -0.05) is 5.16 Å². The lowest BCUT2D eigenvalue weighted by atomic mass is 10.1. The molecule has 2 aliphatic rings. The second kappa shape index (κ2) is 4.93. The third kappa shape index (κ3) is 2.26. The molecule has 0 saturated carbocycles. The van der Waals surface area contributed by atoms with E-state index in [4.69, 9.17) is 19.7 Å².